The van der Waals surface area contributed by atoms with Crippen LogP contribution in [-0.4, -0.2) is 18.8 Å². The average molecular weight is 307 g/mol. The van der Waals surface area contributed by atoms with E-state index < -0.39 is 0 Å². The predicted molar refractivity (Wildman–Crippen MR) is 85.5 cm³/mol. The fourth-order valence-corrected chi connectivity index (χ4v) is 3.33. The van der Waals surface area contributed by atoms with Crippen molar-refractivity contribution in [3.8, 4) is 34.9 Å². The van der Waals surface area contributed by atoms with E-state index >= 15 is 0 Å². The zero-order valence-electron chi connectivity index (χ0n) is 13.6. The number of methoxy groups -OCH3 is 2. The van der Waals surface area contributed by atoms with Gasteiger partial charge in [-0.05, 0) is 37.1 Å². The second kappa shape index (κ2) is 5.37. The minimum atomic E-state index is -0.323. The lowest BCUT2D eigenvalue weighted by Gasteiger charge is -2.26. The first-order valence-electron chi connectivity index (χ1n) is 7.33. The first-order valence-corrected chi connectivity index (χ1v) is 7.33. The van der Waals surface area contributed by atoms with Gasteiger partial charge in [0.15, 0.2) is 11.5 Å². The van der Waals surface area contributed by atoms with E-state index in [0.29, 0.717) is 23.5 Å². The van der Waals surface area contributed by atoms with E-state index in [0.717, 1.165) is 28.1 Å². The third-order valence-corrected chi connectivity index (χ3v) is 4.61. The Labute approximate surface area is 135 Å². The van der Waals surface area contributed by atoms with Crippen LogP contribution in [0.25, 0.3) is 11.3 Å². The summed E-state index contributed by atoms with van der Waals surface area (Å²) in [6, 6.07) is 8.12. The summed E-state index contributed by atoms with van der Waals surface area (Å²) in [6.07, 6.45) is 0.582. The summed E-state index contributed by atoms with van der Waals surface area (Å²) < 4.78 is 12.7. The van der Waals surface area contributed by atoms with Crippen molar-refractivity contribution in [1.82, 2.24) is 4.57 Å². The number of rotatable bonds is 2. The lowest BCUT2D eigenvalue weighted by atomic mass is 9.92. The van der Waals surface area contributed by atoms with Crippen molar-refractivity contribution in [2.75, 3.05) is 14.2 Å². The van der Waals surface area contributed by atoms with Gasteiger partial charge in [0, 0.05) is 17.7 Å². The molecule has 0 saturated heterocycles. The first kappa shape index (κ1) is 15.0. The Balaban J connectivity index is 2.39. The Kier molecular flexibility index (Phi) is 3.50. The second-order valence-corrected chi connectivity index (χ2v) is 5.63. The zero-order valence-corrected chi connectivity index (χ0v) is 13.6. The van der Waals surface area contributed by atoms with Gasteiger partial charge < -0.3 is 14.0 Å². The van der Waals surface area contributed by atoms with Gasteiger partial charge in [0.05, 0.1) is 31.5 Å². The van der Waals surface area contributed by atoms with Gasteiger partial charge in [-0.2, -0.15) is 10.5 Å². The molecule has 1 aliphatic heterocycles. The van der Waals surface area contributed by atoms with Crippen molar-refractivity contribution < 1.29 is 9.47 Å². The van der Waals surface area contributed by atoms with Crippen LogP contribution in [0.3, 0.4) is 0 Å². The molecule has 23 heavy (non-hydrogen) atoms. The molecule has 0 radical (unpaired) electrons. The summed E-state index contributed by atoms with van der Waals surface area (Å²) in [4.78, 5) is 0. The van der Waals surface area contributed by atoms with Crippen molar-refractivity contribution in [3.05, 3.63) is 34.5 Å². The number of fused-ring (bicyclic) bond motifs is 3. The third kappa shape index (κ3) is 1.98. The lowest BCUT2D eigenvalue weighted by Crippen LogP contribution is -2.18. The second-order valence-electron chi connectivity index (χ2n) is 5.63. The van der Waals surface area contributed by atoms with Gasteiger partial charge >= 0.3 is 0 Å². The molecule has 116 valence electrons. The summed E-state index contributed by atoms with van der Waals surface area (Å²) >= 11 is 0. The molecule has 0 spiro atoms. The molecule has 0 N–H and O–H groups in total. The molecule has 0 fully saturated rings. The minimum absolute atomic E-state index is 0.323. The van der Waals surface area contributed by atoms with E-state index in [-0.39, 0.29) is 6.04 Å². The summed E-state index contributed by atoms with van der Waals surface area (Å²) in [5.74, 6) is 1.25. The van der Waals surface area contributed by atoms with Crippen molar-refractivity contribution in [3.63, 3.8) is 0 Å². The van der Waals surface area contributed by atoms with Crippen LogP contribution in [0.15, 0.2) is 12.1 Å². The van der Waals surface area contributed by atoms with E-state index in [9.17, 15) is 10.5 Å². The molecule has 1 aromatic carbocycles. The van der Waals surface area contributed by atoms with Crippen LogP contribution in [0.1, 0.15) is 28.4 Å². The molecule has 0 amide bonds. The molecule has 5 heteroatoms. The standard InChI is InChI=1S/C18H17N3O2/c1-10-11(2)21-13(8-19)5-12-6-16(22-3)17(23-4)7-14(12)18(21)15(10)9-20/h6-7,13H,5H2,1-4H3. The zero-order chi connectivity index (χ0) is 16.7. The van der Waals surface area contributed by atoms with Gasteiger partial charge in [-0.3, -0.25) is 0 Å². The summed E-state index contributed by atoms with van der Waals surface area (Å²) in [5, 5.41) is 19.2. The highest BCUT2D eigenvalue weighted by Crippen LogP contribution is 2.44. The number of hydrogen-bond donors (Lipinski definition) is 0. The van der Waals surface area contributed by atoms with E-state index in [1.807, 2.05) is 30.5 Å². The summed E-state index contributed by atoms with van der Waals surface area (Å²) in [5.41, 5.74) is 5.23. The Morgan fingerprint density at radius 3 is 2.35 bits per heavy atom. The predicted octanol–water partition coefficient (Wildman–Crippen LogP) is 3.28. The van der Waals surface area contributed by atoms with E-state index in [1.54, 1.807) is 14.2 Å². The van der Waals surface area contributed by atoms with E-state index in [1.165, 1.54) is 0 Å². The number of ether oxygens (including phenoxy) is 2. The quantitative estimate of drug-likeness (QED) is 0.853. The van der Waals surface area contributed by atoms with Crippen molar-refractivity contribution in [2.24, 2.45) is 0 Å². The molecule has 2 aromatic rings. The SMILES string of the molecule is COc1cc2c(cc1OC)-c1c(C#N)c(C)c(C)n1C(C#N)C2. The van der Waals surface area contributed by atoms with Gasteiger partial charge in [-0.1, -0.05) is 0 Å². The Bertz CT molecular complexity index is 881. The van der Waals surface area contributed by atoms with Gasteiger partial charge in [0.2, 0.25) is 0 Å². The van der Waals surface area contributed by atoms with Gasteiger partial charge in [0.25, 0.3) is 0 Å². The van der Waals surface area contributed by atoms with Gasteiger partial charge in [0.1, 0.15) is 12.1 Å². The number of nitrogens with zero attached hydrogens (tertiary/aromatic N) is 3. The fraction of sp³-hybridized carbons (Fsp3) is 0.333. The smallest absolute Gasteiger partial charge is 0.161 e. The number of aromatic nitrogens is 1. The molecule has 1 aliphatic rings. The Morgan fingerprint density at radius 1 is 1.13 bits per heavy atom. The summed E-state index contributed by atoms with van der Waals surface area (Å²) in [6.45, 7) is 3.88. The molecule has 1 atom stereocenters. The molecule has 5 nitrogen and oxygen atoms in total. The van der Waals surface area contributed by atoms with Crippen LogP contribution < -0.4 is 9.47 Å². The topological polar surface area (TPSA) is 71.0 Å². The van der Waals surface area contributed by atoms with Crippen molar-refractivity contribution in [1.29, 1.82) is 10.5 Å². The maximum absolute atomic E-state index is 9.60. The third-order valence-electron chi connectivity index (χ3n) is 4.61. The van der Waals surface area contributed by atoms with Crippen LogP contribution in [0, 0.1) is 36.5 Å². The number of nitriles is 2. The van der Waals surface area contributed by atoms with Crippen LogP contribution in [-0.2, 0) is 6.42 Å². The highest BCUT2D eigenvalue weighted by Gasteiger charge is 2.31. The Morgan fingerprint density at radius 2 is 1.78 bits per heavy atom. The molecule has 3 rings (SSSR count). The van der Waals surface area contributed by atoms with Crippen molar-refractivity contribution in [2.45, 2.75) is 26.3 Å². The maximum atomic E-state index is 9.60. The first-order chi connectivity index (χ1) is 11.1. The normalized spacial score (nSPS) is 15.1. The maximum Gasteiger partial charge on any atom is 0.161 e. The molecule has 0 bridgehead atoms. The van der Waals surface area contributed by atoms with Crippen LogP contribution in [0.5, 0.6) is 11.5 Å². The minimum Gasteiger partial charge on any atom is -0.493 e. The fourth-order valence-electron chi connectivity index (χ4n) is 3.33. The van der Waals surface area contributed by atoms with Crippen LogP contribution in [0.2, 0.25) is 0 Å². The molecule has 0 saturated carbocycles. The number of hydrogen-bond acceptors (Lipinski definition) is 4. The van der Waals surface area contributed by atoms with E-state index in [2.05, 4.69) is 12.1 Å². The van der Waals surface area contributed by atoms with E-state index in [4.69, 9.17) is 9.47 Å². The molecule has 2 heterocycles. The van der Waals surface area contributed by atoms with Crippen molar-refractivity contribution >= 4 is 0 Å². The van der Waals surface area contributed by atoms with Gasteiger partial charge in [-0.25, -0.2) is 0 Å². The largest absolute Gasteiger partial charge is 0.493 e. The highest BCUT2D eigenvalue weighted by molar-refractivity contribution is 5.78. The Hall–Kier alpha value is -2.92. The summed E-state index contributed by atoms with van der Waals surface area (Å²) in [7, 11) is 3.18. The lowest BCUT2D eigenvalue weighted by molar-refractivity contribution is 0.354. The van der Waals surface area contributed by atoms with Crippen LogP contribution >= 0.6 is 0 Å². The van der Waals surface area contributed by atoms with Crippen LogP contribution in [0.4, 0.5) is 0 Å². The monoisotopic (exact) mass is 307 g/mol. The van der Waals surface area contributed by atoms with Gasteiger partial charge in [-0.15, -0.1) is 0 Å². The molecule has 1 aromatic heterocycles. The average Bonchev–Trinajstić information content (AvgIpc) is 2.84. The molecular formula is C18H17N3O2. The molecular weight excluding hydrogens is 290 g/mol. The molecule has 0 aliphatic carbocycles. The number of benzene rings is 1. The molecule has 1 unspecified atom stereocenters. The highest BCUT2D eigenvalue weighted by atomic mass is 16.5.